The van der Waals surface area contributed by atoms with E-state index in [-0.39, 0.29) is 24.3 Å². The Morgan fingerprint density at radius 1 is 0.714 bits per heavy atom. The van der Waals surface area contributed by atoms with Crippen LogP contribution in [0.25, 0.3) is 0 Å². The van der Waals surface area contributed by atoms with Crippen molar-refractivity contribution in [3.05, 3.63) is 107 Å². The fourth-order valence-corrected chi connectivity index (χ4v) is 3.46. The summed E-state index contributed by atoms with van der Waals surface area (Å²) in [6, 6.07) is 23.7. The molecule has 0 spiro atoms. The van der Waals surface area contributed by atoms with E-state index in [0.717, 1.165) is 11.1 Å². The van der Waals surface area contributed by atoms with Gasteiger partial charge in [-0.3, -0.25) is 9.69 Å². The molecule has 1 saturated heterocycles. The van der Waals surface area contributed by atoms with E-state index >= 15 is 0 Å². The minimum atomic E-state index is -0.672. The van der Waals surface area contributed by atoms with E-state index in [2.05, 4.69) is 0 Å². The Labute approximate surface area is 162 Å². The van der Waals surface area contributed by atoms with Crippen molar-refractivity contribution in [2.24, 2.45) is 0 Å². The van der Waals surface area contributed by atoms with E-state index in [0.29, 0.717) is 12.1 Å². The Kier molecular flexibility index (Phi) is 4.89. The molecule has 28 heavy (non-hydrogen) atoms. The van der Waals surface area contributed by atoms with E-state index in [4.69, 9.17) is 0 Å². The number of hydrogen-bond donors (Lipinski definition) is 0. The van der Waals surface area contributed by atoms with Crippen molar-refractivity contribution in [3.8, 4) is 0 Å². The van der Waals surface area contributed by atoms with Gasteiger partial charge < -0.3 is 4.90 Å². The van der Waals surface area contributed by atoms with Crippen molar-refractivity contribution in [2.75, 3.05) is 0 Å². The summed E-state index contributed by atoms with van der Waals surface area (Å²) in [6.07, 6.45) is 0. The number of carbonyl (C=O) groups excluding carboxylic acids is 2. The molecule has 3 amide bonds. The average Bonchev–Trinajstić information content (AvgIpc) is 2.95. The maximum absolute atomic E-state index is 13.2. The first-order valence-corrected chi connectivity index (χ1v) is 9.09. The SMILES string of the molecule is O=C1[C@H](c2ccccc2)N(Cc2ccccc2)C(=O)N1Cc1ccc(F)cc1. The minimum absolute atomic E-state index is 0.118. The quantitative estimate of drug-likeness (QED) is 0.616. The van der Waals surface area contributed by atoms with Crippen LogP contribution < -0.4 is 0 Å². The molecule has 1 aliphatic heterocycles. The normalized spacial score (nSPS) is 16.7. The predicted octanol–water partition coefficient (Wildman–Crippen LogP) is 4.53. The molecule has 0 saturated carbocycles. The molecule has 0 N–H and O–H groups in total. The summed E-state index contributed by atoms with van der Waals surface area (Å²) < 4.78 is 13.2. The van der Waals surface area contributed by atoms with Crippen molar-refractivity contribution in [1.82, 2.24) is 9.80 Å². The van der Waals surface area contributed by atoms with Crippen LogP contribution in [0.5, 0.6) is 0 Å². The summed E-state index contributed by atoms with van der Waals surface area (Å²) in [5.74, 6) is -0.618. The van der Waals surface area contributed by atoms with Gasteiger partial charge in [-0.25, -0.2) is 9.18 Å². The molecular weight excluding hydrogens is 355 g/mol. The molecule has 0 aliphatic carbocycles. The Bertz CT molecular complexity index is 975. The lowest BCUT2D eigenvalue weighted by Crippen LogP contribution is -2.32. The molecule has 3 aromatic rings. The van der Waals surface area contributed by atoms with E-state index in [1.165, 1.54) is 17.0 Å². The highest BCUT2D eigenvalue weighted by Gasteiger charge is 2.45. The Balaban J connectivity index is 1.66. The first-order chi connectivity index (χ1) is 13.6. The third kappa shape index (κ3) is 3.51. The van der Waals surface area contributed by atoms with Gasteiger partial charge in [0.1, 0.15) is 11.9 Å². The topological polar surface area (TPSA) is 40.6 Å². The lowest BCUT2D eigenvalue weighted by atomic mass is 10.0. The van der Waals surface area contributed by atoms with Crippen LogP contribution in [-0.4, -0.2) is 21.7 Å². The van der Waals surface area contributed by atoms with Gasteiger partial charge in [0.05, 0.1) is 6.54 Å². The molecule has 5 heteroatoms. The predicted molar refractivity (Wildman–Crippen MR) is 104 cm³/mol. The molecule has 0 radical (unpaired) electrons. The molecule has 0 bridgehead atoms. The van der Waals surface area contributed by atoms with E-state index in [1.54, 1.807) is 17.0 Å². The van der Waals surface area contributed by atoms with Crippen LogP contribution in [0.3, 0.4) is 0 Å². The second-order valence-corrected chi connectivity index (χ2v) is 6.76. The number of hydrogen-bond acceptors (Lipinski definition) is 2. The van der Waals surface area contributed by atoms with Gasteiger partial charge in [0.15, 0.2) is 0 Å². The van der Waals surface area contributed by atoms with Crippen LogP contribution in [-0.2, 0) is 17.9 Å². The summed E-state index contributed by atoms with van der Waals surface area (Å²) in [5.41, 5.74) is 2.43. The van der Waals surface area contributed by atoms with Gasteiger partial charge in [-0.1, -0.05) is 72.8 Å². The zero-order chi connectivity index (χ0) is 19.5. The maximum Gasteiger partial charge on any atom is 0.328 e. The largest absolute Gasteiger partial charge is 0.328 e. The fourth-order valence-electron chi connectivity index (χ4n) is 3.46. The fraction of sp³-hybridized carbons (Fsp3) is 0.130. The summed E-state index contributed by atoms with van der Waals surface area (Å²) in [6.45, 7) is 0.456. The van der Waals surface area contributed by atoms with Gasteiger partial charge in [-0.2, -0.15) is 0 Å². The van der Waals surface area contributed by atoms with Gasteiger partial charge in [0.25, 0.3) is 5.91 Å². The number of carbonyl (C=O) groups is 2. The summed E-state index contributed by atoms with van der Waals surface area (Å²) in [4.78, 5) is 29.1. The Morgan fingerprint density at radius 2 is 1.29 bits per heavy atom. The molecule has 4 rings (SSSR count). The molecule has 1 fully saturated rings. The first kappa shape index (κ1) is 17.9. The van der Waals surface area contributed by atoms with Gasteiger partial charge in [-0.05, 0) is 28.8 Å². The van der Waals surface area contributed by atoms with Crippen LogP contribution >= 0.6 is 0 Å². The van der Waals surface area contributed by atoms with Crippen molar-refractivity contribution < 1.29 is 14.0 Å². The van der Waals surface area contributed by atoms with Gasteiger partial charge in [0, 0.05) is 6.54 Å². The van der Waals surface area contributed by atoms with Gasteiger partial charge >= 0.3 is 6.03 Å². The van der Waals surface area contributed by atoms with E-state index < -0.39 is 6.04 Å². The van der Waals surface area contributed by atoms with Crippen LogP contribution in [0.4, 0.5) is 9.18 Å². The maximum atomic E-state index is 13.2. The number of nitrogens with zero attached hydrogens (tertiary/aromatic N) is 2. The zero-order valence-electron chi connectivity index (χ0n) is 15.2. The Hall–Kier alpha value is -3.47. The third-order valence-corrected chi connectivity index (χ3v) is 4.85. The van der Waals surface area contributed by atoms with Crippen LogP contribution in [0.1, 0.15) is 22.7 Å². The summed E-state index contributed by atoms with van der Waals surface area (Å²) >= 11 is 0. The first-order valence-electron chi connectivity index (χ1n) is 9.09. The van der Waals surface area contributed by atoms with Crippen molar-refractivity contribution in [3.63, 3.8) is 0 Å². The van der Waals surface area contributed by atoms with Crippen LogP contribution in [0.2, 0.25) is 0 Å². The summed E-state index contributed by atoms with van der Waals surface area (Å²) in [7, 11) is 0. The molecule has 1 heterocycles. The minimum Gasteiger partial charge on any atom is -0.304 e. The highest BCUT2D eigenvalue weighted by molar-refractivity contribution is 6.04. The molecule has 1 atom stereocenters. The number of imide groups is 1. The lowest BCUT2D eigenvalue weighted by molar-refractivity contribution is -0.128. The smallest absolute Gasteiger partial charge is 0.304 e. The number of halogens is 1. The highest BCUT2D eigenvalue weighted by atomic mass is 19.1. The number of benzene rings is 3. The van der Waals surface area contributed by atoms with Crippen LogP contribution in [0, 0.1) is 5.82 Å². The molecule has 4 nitrogen and oxygen atoms in total. The van der Waals surface area contributed by atoms with Crippen molar-refractivity contribution in [2.45, 2.75) is 19.1 Å². The highest BCUT2D eigenvalue weighted by Crippen LogP contribution is 2.33. The average molecular weight is 374 g/mol. The standard InChI is InChI=1S/C23H19FN2O2/c24-20-13-11-18(12-14-20)16-26-22(27)21(19-9-5-2-6-10-19)25(23(26)28)15-17-7-3-1-4-8-17/h1-14,21H,15-16H2/t21-/m0/s1. The van der Waals surface area contributed by atoms with Crippen molar-refractivity contribution in [1.29, 1.82) is 0 Å². The number of amides is 3. The molecule has 1 aliphatic rings. The second-order valence-electron chi connectivity index (χ2n) is 6.76. The monoisotopic (exact) mass is 374 g/mol. The van der Waals surface area contributed by atoms with E-state index in [9.17, 15) is 14.0 Å². The number of rotatable bonds is 5. The second kappa shape index (κ2) is 7.64. The molecule has 3 aromatic carbocycles. The molecule has 140 valence electrons. The molecular formula is C23H19FN2O2. The van der Waals surface area contributed by atoms with Crippen molar-refractivity contribution >= 4 is 11.9 Å². The van der Waals surface area contributed by atoms with Crippen LogP contribution in [0.15, 0.2) is 84.9 Å². The van der Waals surface area contributed by atoms with Gasteiger partial charge in [-0.15, -0.1) is 0 Å². The van der Waals surface area contributed by atoms with Gasteiger partial charge in [0.2, 0.25) is 0 Å². The zero-order valence-corrected chi connectivity index (χ0v) is 15.2. The third-order valence-electron chi connectivity index (χ3n) is 4.85. The number of urea groups is 1. The Morgan fingerprint density at radius 3 is 1.93 bits per heavy atom. The molecule has 0 aromatic heterocycles. The summed E-state index contributed by atoms with van der Waals surface area (Å²) in [5, 5.41) is 0. The lowest BCUT2D eigenvalue weighted by Gasteiger charge is -2.22. The van der Waals surface area contributed by atoms with E-state index in [1.807, 2.05) is 60.7 Å². The molecule has 0 unspecified atom stereocenters.